The van der Waals surface area contributed by atoms with Crippen LogP contribution in [0.5, 0.6) is 0 Å². The molecule has 184 valence electrons. The van der Waals surface area contributed by atoms with Gasteiger partial charge in [-0.15, -0.1) is 0 Å². The summed E-state index contributed by atoms with van der Waals surface area (Å²) in [5.74, 6) is -0.206. The number of rotatable bonds is 5. The predicted molar refractivity (Wildman–Crippen MR) is 134 cm³/mol. The van der Waals surface area contributed by atoms with E-state index in [1.54, 1.807) is 27.8 Å². The van der Waals surface area contributed by atoms with Crippen molar-refractivity contribution >= 4 is 28.3 Å². The van der Waals surface area contributed by atoms with Gasteiger partial charge in [-0.1, -0.05) is 18.2 Å². The van der Waals surface area contributed by atoms with Crippen LogP contribution >= 0.6 is 0 Å². The highest BCUT2D eigenvalue weighted by atomic mass is 16.6. The number of amides is 1. The highest BCUT2D eigenvalue weighted by Crippen LogP contribution is 2.28. The zero-order valence-electron chi connectivity index (χ0n) is 20.0. The van der Waals surface area contributed by atoms with Crippen LogP contribution in [0.25, 0.3) is 16.7 Å². The number of anilines is 1. The Hall–Kier alpha value is -4.54. The van der Waals surface area contributed by atoms with Crippen molar-refractivity contribution in [3.8, 4) is 5.69 Å². The summed E-state index contributed by atoms with van der Waals surface area (Å²) < 4.78 is 2.93. The van der Waals surface area contributed by atoms with Crippen molar-refractivity contribution in [1.82, 2.24) is 24.2 Å². The summed E-state index contributed by atoms with van der Waals surface area (Å²) in [7, 11) is 0. The summed E-state index contributed by atoms with van der Waals surface area (Å²) in [6, 6.07) is 12.6. The van der Waals surface area contributed by atoms with Crippen LogP contribution in [0.15, 0.2) is 59.8 Å². The van der Waals surface area contributed by atoms with Crippen LogP contribution in [0.4, 0.5) is 11.4 Å². The third-order valence-corrected chi connectivity index (χ3v) is 6.36. The lowest BCUT2D eigenvalue weighted by molar-refractivity contribution is -0.384. The molecule has 1 aliphatic heterocycles. The second-order valence-electron chi connectivity index (χ2n) is 8.93. The van der Waals surface area contributed by atoms with Gasteiger partial charge in [-0.3, -0.25) is 24.3 Å². The van der Waals surface area contributed by atoms with Crippen molar-refractivity contribution in [3.05, 3.63) is 86.6 Å². The number of aryl methyl sites for hydroxylation is 2. The van der Waals surface area contributed by atoms with Crippen LogP contribution in [0.1, 0.15) is 11.1 Å². The van der Waals surface area contributed by atoms with E-state index in [0.29, 0.717) is 42.9 Å². The average Bonchev–Trinajstić information content (AvgIpc) is 3.30. The van der Waals surface area contributed by atoms with E-state index in [9.17, 15) is 19.7 Å². The van der Waals surface area contributed by atoms with Crippen LogP contribution in [0.2, 0.25) is 0 Å². The summed E-state index contributed by atoms with van der Waals surface area (Å²) in [5, 5.41) is 16.1. The molecule has 3 heterocycles. The van der Waals surface area contributed by atoms with E-state index in [0.717, 1.165) is 16.8 Å². The normalized spacial score (nSPS) is 13.8. The van der Waals surface area contributed by atoms with Gasteiger partial charge in [-0.25, -0.2) is 9.67 Å². The zero-order chi connectivity index (χ0) is 25.4. The molecular weight excluding hydrogens is 462 g/mol. The van der Waals surface area contributed by atoms with E-state index in [-0.39, 0.29) is 23.7 Å². The molecule has 11 heteroatoms. The number of carbonyl (C=O) groups is 1. The summed E-state index contributed by atoms with van der Waals surface area (Å²) in [4.78, 5) is 45.0. The maximum Gasteiger partial charge on any atom is 0.292 e. The predicted octanol–water partition coefficient (Wildman–Crippen LogP) is 2.46. The first-order valence-corrected chi connectivity index (χ1v) is 11.6. The molecule has 1 amide bonds. The minimum absolute atomic E-state index is 0.0459. The molecule has 5 rings (SSSR count). The van der Waals surface area contributed by atoms with E-state index in [4.69, 9.17) is 0 Å². The SMILES string of the molecule is Cc1cc(C)cc(-n2ncc3c(=O)n(CC(=O)N4CCN(c5ccccc5[N+](=O)[O-])CC4)cnc32)c1. The van der Waals surface area contributed by atoms with Gasteiger partial charge < -0.3 is 9.80 Å². The van der Waals surface area contributed by atoms with Gasteiger partial charge in [0, 0.05) is 32.2 Å². The van der Waals surface area contributed by atoms with Gasteiger partial charge in [-0.05, 0) is 43.2 Å². The molecule has 1 fully saturated rings. The van der Waals surface area contributed by atoms with Gasteiger partial charge in [0.15, 0.2) is 5.65 Å². The smallest absolute Gasteiger partial charge is 0.292 e. The van der Waals surface area contributed by atoms with Crippen molar-refractivity contribution in [1.29, 1.82) is 0 Å². The molecule has 0 N–H and O–H groups in total. The highest BCUT2D eigenvalue weighted by molar-refractivity contribution is 5.78. The lowest BCUT2D eigenvalue weighted by Gasteiger charge is -2.35. The van der Waals surface area contributed by atoms with Gasteiger partial charge in [0.2, 0.25) is 5.91 Å². The average molecular weight is 488 g/mol. The highest BCUT2D eigenvalue weighted by Gasteiger charge is 2.26. The maximum atomic E-state index is 13.1. The summed E-state index contributed by atoms with van der Waals surface area (Å²) in [6.07, 6.45) is 2.86. The molecule has 0 aliphatic carbocycles. The van der Waals surface area contributed by atoms with Gasteiger partial charge >= 0.3 is 0 Å². The second kappa shape index (κ2) is 9.25. The van der Waals surface area contributed by atoms with E-state index in [2.05, 4.69) is 16.1 Å². The van der Waals surface area contributed by atoms with E-state index >= 15 is 0 Å². The minimum Gasteiger partial charge on any atom is -0.362 e. The van der Waals surface area contributed by atoms with Crippen molar-refractivity contribution < 1.29 is 9.72 Å². The fourth-order valence-electron chi connectivity index (χ4n) is 4.65. The Morgan fingerprint density at radius 1 is 1.06 bits per heavy atom. The number of aromatic nitrogens is 4. The molecule has 2 aromatic carbocycles. The number of hydrogen-bond acceptors (Lipinski definition) is 7. The Balaban J connectivity index is 1.31. The largest absolute Gasteiger partial charge is 0.362 e. The quantitative estimate of drug-likeness (QED) is 0.313. The summed E-state index contributed by atoms with van der Waals surface area (Å²) in [6.45, 7) is 5.59. The number of piperazine rings is 1. The number of para-hydroxylation sites is 2. The second-order valence-corrected chi connectivity index (χ2v) is 8.93. The molecule has 0 unspecified atom stereocenters. The molecule has 0 bridgehead atoms. The maximum absolute atomic E-state index is 13.1. The first-order valence-electron chi connectivity index (χ1n) is 11.6. The van der Waals surface area contributed by atoms with Gasteiger partial charge in [0.1, 0.15) is 23.9 Å². The third-order valence-electron chi connectivity index (χ3n) is 6.36. The fourth-order valence-corrected chi connectivity index (χ4v) is 4.65. The van der Waals surface area contributed by atoms with E-state index in [1.165, 1.54) is 23.2 Å². The summed E-state index contributed by atoms with van der Waals surface area (Å²) >= 11 is 0. The molecule has 2 aromatic heterocycles. The molecule has 1 aliphatic rings. The Morgan fingerprint density at radius 3 is 2.44 bits per heavy atom. The third kappa shape index (κ3) is 4.30. The Kier molecular flexibility index (Phi) is 5.96. The van der Waals surface area contributed by atoms with Crippen LogP contribution in [0.3, 0.4) is 0 Å². The molecule has 0 atom stereocenters. The molecule has 0 saturated carbocycles. The van der Waals surface area contributed by atoms with Gasteiger partial charge in [0.05, 0.1) is 16.8 Å². The fraction of sp³-hybridized carbons (Fsp3) is 0.280. The van der Waals surface area contributed by atoms with Crippen LogP contribution in [-0.4, -0.2) is 61.2 Å². The topological polar surface area (TPSA) is 119 Å². The van der Waals surface area contributed by atoms with E-state index in [1.807, 2.05) is 30.9 Å². The molecular formula is C25H25N7O4. The molecule has 11 nitrogen and oxygen atoms in total. The number of nitro benzene ring substituents is 1. The van der Waals surface area contributed by atoms with Crippen molar-refractivity contribution in [2.24, 2.45) is 0 Å². The lowest BCUT2D eigenvalue weighted by Crippen LogP contribution is -2.50. The van der Waals surface area contributed by atoms with Crippen molar-refractivity contribution in [3.63, 3.8) is 0 Å². The van der Waals surface area contributed by atoms with Crippen LogP contribution in [0, 0.1) is 24.0 Å². The van der Waals surface area contributed by atoms with Gasteiger partial charge in [-0.2, -0.15) is 5.10 Å². The molecule has 0 radical (unpaired) electrons. The first-order chi connectivity index (χ1) is 17.3. The Morgan fingerprint density at radius 2 is 1.75 bits per heavy atom. The molecule has 0 spiro atoms. The van der Waals surface area contributed by atoms with Crippen molar-refractivity contribution in [2.45, 2.75) is 20.4 Å². The number of hydrogen-bond donors (Lipinski definition) is 0. The Labute approximate surface area is 206 Å². The number of fused-ring (bicyclic) bond motifs is 1. The number of nitro groups is 1. The standard InChI is InChI=1S/C25H25N7O4/c1-17-11-18(2)13-19(12-17)31-24-20(14-27-31)25(34)30(16-26-24)15-23(33)29-9-7-28(8-10-29)21-5-3-4-6-22(21)32(35)36/h3-6,11-14,16H,7-10,15H2,1-2H3. The van der Waals surface area contributed by atoms with Crippen LogP contribution in [-0.2, 0) is 11.3 Å². The molecule has 36 heavy (non-hydrogen) atoms. The first kappa shape index (κ1) is 23.2. The monoisotopic (exact) mass is 487 g/mol. The summed E-state index contributed by atoms with van der Waals surface area (Å²) in [5.41, 5.74) is 3.67. The Bertz CT molecular complexity index is 1510. The van der Waals surface area contributed by atoms with Crippen LogP contribution < -0.4 is 10.5 Å². The molecule has 1 saturated heterocycles. The number of nitrogens with zero attached hydrogens (tertiary/aromatic N) is 7. The minimum atomic E-state index is -0.398. The zero-order valence-corrected chi connectivity index (χ0v) is 20.0. The van der Waals surface area contributed by atoms with Crippen molar-refractivity contribution in [2.75, 3.05) is 31.1 Å². The lowest BCUT2D eigenvalue weighted by atomic mass is 10.1. The number of carbonyl (C=O) groups excluding carboxylic acids is 1. The molecule has 4 aromatic rings. The van der Waals surface area contributed by atoms with Gasteiger partial charge in [0.25, 0.3) is 11.2 Å². The van der Waals surface area contributed by atoms with E-state index < -0.39 is 4.92 Å². The number of benzene rings is 2.